The van der Waals surface area contributed by atoms with Gasteiger partial charge in [-0.1, -0.05) is 0 Å². The summed E-state index contributed by atoms with van der Waals surface area (Å²) in [6.07, 6.45) is 1.46. The summed E-state index contributed by atoms with van der Waals surface area (Å²) in [6, 6.07) is 0. The van der Waals surface area contributed by atoms with Crippen LogP contribution in [0.4, 0.5) is 0 Å². The van der Waals surface area contributed by atoms with Gasteiger partial charge in [0.1, 0.15) is 0 Å². The maximum Gasteiger partial charge on any atom is 0.327 e. The molecule has 0 unspecified atom stereocenters. The van der Waals surface area contributed by atoms with Gasteiger partial charge in [-0.15, -0.1) is 0 Å². The van der Waals surface area contributed by atoms with Gasteiger partial charge in [-0.25, -0.2) is 0 Å². The summed E-state index contributed by atoms with van der Waals surface area (Å²) >= 11 is 0. The lowest BCUT2D eigenvalue weighted by atomic mass is 10.0. The maximum atomic E-state index is 10.8. The number of hydrogen-bond donors (Lipinski definition) is 1. The summed E-state index contributed by atoms with van der Waals surface area (Å²) in [7, 11) is 0. The van der Waals surface area contributed by atoms with Crippen LogP contribution in [0.2, 0.25) is 0 Å². The fourth-order valence-electron chi connectivity index (χ4n) is 1.03. The van der Waals surface area contributed by atoms with E-state index < -0.39 is 0 Å². The molecule has 0 bridgehead atoms. The van der Waals surface area contributed by atoms with Crippen LogP contribution in [0.1, 0.15) is 12.8 Å². The van der Waals surface area contributed by atoms with E-state index in [0.717, 1.165) is 12.8 Å². The lowest BCUT2D eigenvalue weighted by Gasteiger charge is -2.18. The number of carbonyl (C=O) groups excluding carboxylic acids is 1. The molecule has 1 aliphatic heterocycles. The van der Waals surface area contributed by atoms with E-state index >= 15 is 0 Å². The van der Waals surface area contributed by atoms with Gasteiger partial charge in [0.15, 0.2) is 0 Å². The van der Waals surface area contributed by atoms with Crippen molar-refractivity contribution in [2.75, 3.05) is 13.2 Å². The van der Waals surface area contributed by atoms with Crippen molar-refractivity contribution in [2.45, 2.75) is 12.8 Å². The molecule has 4 heteroatoms. The van der Waals surface area contributed by atoms with Crippen molar-refractivity contribution in [2.24, 2.45) is 11.8 Å². The van der Waals surface area contributed by atoms with Crippen molar-refractivity contribution >= 4 is 5.97 Å². The van der Waals surface area contributed by atoms with Crippen molar-refractivity contribution < 1.29 is 14.4 Å². The van der Waals surface area contributed by atoms with Gasteiger partial charge in [-0.05, 0) is 12.8 Å². The molecule has 0 aromatic heterocycles. The number of hydrogen-bond acceptors (Lipinski definition) is 4. The SMILES string of the molecule is NOC(=O)C1CCOCC1. The Kier molecular flexibility index (Phi) is 2.65. The van der Waals surface area contributed by atoms with Crippen molar-refractivity contribution in [3.8, 4) is 0 Å². The Morgan fingerprint density at radius 3 is 2.60 bits per heavy atom. The van der Waals surface area contributed by atoms with Crippen LogP contribution in [0.3, 0.4) is 0 Å². The van der Waals surface area contributed by atoms with E-state index in [0.29, 0.717) is 13.2 Å². The van der Waals surface area contributed by atoms with Crippen molar-refractivity contribution in [3.05, 3.63) is 0 Å². The van der Waals surface area contributed by atoms with Crippen LogP contribution in [-0.2, 0) is 14.4 Å². The molecular formula is C6H11NO3. The monoisotopic (exact) mass is 145 g/mol. The van der Waals surface area contributed by atoms with E-state index in [1.165, 1.54) is 0 Å². The molecule has 10 heavy (non-hydrogen) atoms. The van der Waals surface area contributed by atoms with Gasteiger partial charge in [0.2, 0.25) is 0 Å². The third-order valence-electron chi connectivity index (χ3n) is 1.67. The first-order valence-corrected chi connectivity index (χ1v) is 3.33. The highest BCUT2D eigenvalue weighted by Gasteiger charge is 2.22. The van der Waals surface area contributed by atoms with Gasteiger partial charge >= 0.3 is 5.97 Å². The molecule has 0 aromatic rings. The topological polar surface area (TPSA) is 61.5 Å². The van der Waals surface area contributed by atoms with Crippen LogP contribution in [0, 0.1) is 5.92 Å². The zero-order valence-corrected chi connectivity index (χ0v) is 5.71. The molecule has 1 aliphatic rings. The molecule has 58 valence electrons. The van der Waals surface area contributed by atoms with Crippen molar-refractivity contribution in [3.63, 3.8) is 0 Å². The van der Waals surface area contributed by atoms with Crippen LogP contribution in [0.15, 0.2) is 0 Å². The Morgan fingerprint density at radius 2 is 2.10 bits per heavy atom. The third-order valence-corrected chi connectivity index (χ3v) is 1.67. The van der Waals surface area contributed by atoms with Gasteiger partial charge in [0.25, 0.3) is 0 Å². The Balaban J connectivity index is 2.31. The van der Waals surface area contributed by atoms with E-state index in [2.05, 4.69) is 4.84 Å². The number of nitrogens with two attached hydrogens (primary N) is 1. The van der Waals surface area contributed by atoms with Crippen LogP contribution < -0.4 is 5.90 Å². The molecule has 0 amide bonds. The minimum absolute atomic E-state index is 0.0428. The lowest BCUT2D eigenvalue weighted by Crippen LogP contribution is -2.26. The molecule has 0 spiro atoms. The largest absolute Gasteiger partial charge is 0.381 e. The Hall–Kier alpha value is -0.610. The Morgan fingerprint density at radius 1 is 1.50 bits per heavy atom. The van der Waals surface area contributed by atoms with E-state index in [-0.39, 0.29) is 11.9 Å². The van der Waals surface area contributed by atoms with Crippen LogP contribution >= 0.6 is 0 Å². The van der Waals surface area contributed by atoms with Gasteiger partial charge in [0.05, 0.1) is 5.92 Å². The van der Waals surface area contributed by atoms with Gasteiger partial charge in [-0.3, -0.25) is 4.79 Å². The fourth-order valence-corrected chi connectivity index (χ4v) is 1.03. The second kappa shape index (κ2) is 3.53. The second-order valence-electron chi connectivity index (χ2n) is 2.32. The molecule has 0 saturated carbocycles. The van der Waals surface area contributed by atoms with Gasteiger partial charge in [0, 0.05) is 13.2 Å². The predicted molar refractivity (Wildman–Crippen MR) is 33.8 cm³/mol. The molecule has 2 N–H and O–H groups in total. The highest BCUT2D eigenvalue weighted by molar-refractivity contribution is 5.72. The molecule has 0 atom stereocenters. The molecule has 0 aromatic carbocycles. The molecule has 4 nitrogen and oxygen atoms in total. The van der Waals surface area contributed by atoms with E-state index in [1.54, 1.807) is 0 Å². The van der Waals surface area contributed by atoms with Crippen LogP contribution in [0.25, 0.3) is 0 Å². The first-order valence-electron chi connectivity index (χ1n) is 3.33. The average Bonchev–Trinajstić information content (AvgIpc) is 2.05. The normalized spacial score (nSPS) is 20.5. The highest BCUT2D eigenvalue weighted by Crippen LogP contribution is 2.14. The van der Waals surface area contributed by atoms with E-state index in [9.17, 15) is 4.79 Å². The minimum Gasteiger partial charge on any atom is -0.381 e. The predicted octanol–water partition coefficient (Wildman–Crippen LogP) is -0.170. The quantitative estimate of drug-likeness (QED) is 0.520. The summed E-state index contributed by atoms with van der Waals surface area (Å²) < 4.78 is 5.05. The summed E-state index contributed by atoms with van der Waals surface area (Å²) in [5.74, 6) is 4.35. The smallest absolute Gasteiger partial charge is 0.327 e. The summed E-state index contributed by atoms with van der Waals surface area (Å²) in [6.45, 7) is 1.28. The number of ether oxygens (including phenoxy) is 1. The zero-order chi connectivity index (χ0) is 7.40. The molecule has 1 fully saturated rings. The van der Waals surface area contributed by atoms with Crippen LogP contribution in [-0.4, -0.2) is 19.2 Å². The molecule has 0 radical (unpaired) electrons. The van der Waals surface area contributed by atoms with Crippen molar-refractivity contribution in [1.82, 2.24) is 0 Å². The first-order chi connectivity index (χ1) is 4.84. The number of rotatable bonds is 1. The minimum atomic E-state index is -0.316. The van der Waals surface area contributed by atoms with E-state index in [1.807, 2.05) is 0 Å². The van der Waals surface area contributed by atoms with Gasteiger partial charge < -0.3 is 9.57 Å². The van der Waals surface area contributed by atoms with Crippen LogP contribution in [0.5, 0.6) is 0 Å². The zero-order valence-electron chi connectivity index (χ0n) is 5.71. The van der Waals surface area contributed by atoms with Gasteiger partial charge in [-0.2, -0.15) is 5.90 Å². The summed E-state index contributed by atoms with van der Waals surface area (Å²) in [4.78, 5) is 14.9. The molecule has 1 saturated heterocycles. The summed E-state index contributed by atoms with van der Waals surface area (Å²) in [5, 5.41) is 0. The van der Waals surface area contributed by atoms with E-state index in [4.69, 9.17) is 10.6 Å². The standard InChI is InChI=1S/C6H11NO3/c7-10-6(8)5-1-3-9-4-2-5/h5H,1-4,7H2. The van der Waals surface area contributed by atoms with Crippen molar-refractivity contribution in [1.29, 1.82) is 0 Å². The molecular weight excluding hydrogens is 134 g/mol. The lowest BCUT2D eigenvalue weighted by molar-refractivity contribution is -0.152. The summed E-state index contributed by atoms with van der Waals surface area (Å²) in [5.41, 5.74) is 0. The molecule has 1 rings (SSSR count). The molecule has 0 aliphatic carbocycles. The second-order valence-corrected chi connectivity index (χ2v) is 2.32. The Bertz CT molecular complexity index is 120. The third kappa shape index (κ3) is 1.68. The maximum absolute atomic E-state index is 10.8. The molecule has 1 heterocycles. The fraction of sp³-hybridized carbons (Fsp3) is 0.833. The number of carbonyl (C=O) groups is 1. The average molecular weight is 145 g/mol. The highest BCUT2D eigenvalue weighted by atomic mass is 16.7. The first kappa shape index (κ1) is 7.50. The Labute approximate surface area is 59.2 Å².